The molecule has 0 radical (unpaired) electrons. The van der Waals surface area contributed by atoms with Gasteiger partial charge in [0.25, 0.3) is 0 Å². The predicted molar refractivity (Wildman–Crippen MR) is 62.5 cm³/mol. The molecule has 3 heteroatoms. The topological polar surface area (TPSA) is 25.8 Å². The van der Waals surface area contributed by atoms with Crippen molar-refractivity contribution in [1.29, 1.82) is 0 Å². The molecule has 2 nitrogen and oxygen atoms in total. The molecule has 0 bridgehead atoms. The van der Waals surface area contributed by atoms with Gasteiger partial charge in [0, 0.05) is 11.6 Å². The number of hydrogen-bond acceptors (Lipinski definition) is 2. The van der Waals surface area contributed by atoms with Crippen molar-refractivity contribution >= 4 is 24.2 Å². The highest BCUT2D eigenvalue weighted by Crippen LogP contribution is 2.10. The van der Waals surface area contributed by atoms with E-state index in [2.05, 4.69) is 47.8 Å². The van der Waals surface area contributed by atoms with Gasteiger partial charge < -0.3 is 0 Å². The zero-order chi connectivity index (χ0) is 10.2. The Morgan fingerprint density at radius 1 is 1.14 bits per heavy atom. The number of benzene rings is 1. The van der Waals surface area contributed by atoms with E-state index < -0.39 is 8.07 Å². The molecule has 14 heavy (non-hydrogen) atoms. The quantitative estimate of drug-likeness (QED) is 0.662. The first kappa shape index (κ1) is 9.34. The van der Waals surface area contributed by atoms with E-state index in [4.69, 9.17) is 0 Å². The molecule has 0 spiro atoms. The molecule has 1 heterocycles. The molecule has 0 unspecified atom stereocenters. The summed E-state index contributed by atoms with van der Waals surface area (Å²) in [7, 11) is -1.21. The highest BCUT2D eigenvalue weighted by molar-refractivity contribution is 6.88. The van der Waals surface area contributed by atoms with Gasteiger partial charge in [-0.05, 0) is 6.07 Å². The Kier molecular flexibility index (Phi) is 2.11. The third-order valence-corrected chi connectivity index (χ3v) is 4.42. The van der Waals surface area contributed by atoms with Crippen LogP contribution in [0.15, 0.2) is 30.7 Å². The zero-order valence-electron chi connectivity index (χ0n) is 8.78. The summed E-state index contributed by atoms with van der Waals surface area (Å²) in [6, 6.07) is 6.52. The van der Waals surface area contributed by atoms with Crippen molar-refractivity contribution in [2.45, 2.75) is 19.6 Å². The van der Waals surface area contributed by atoms with Crippen molar-refractivity contribution in [1.82, 2.24) is 9.97 Å². The summed E-state index contributed by atoms with van der Waals surface area (Å²) < 4.78 is 0. The lowest BCUT2D eigenvalue weighted by atomic mass is 10.2. The van der Waals surface area contributed by atoms with E-state index in [9.17, 15) is 0 Å². The summed E-state index contributed by atoms with van der Waals surface area (Å²) >= 11 is 0. The number of nitrogens with zero attached hydrogens (tertiary/aromatic N) is 2. The van der Waals surface area contributed by atoms with Crippen LogP contribution in [0, 0.1) is 0 Å². The molecule has 0 saturated heterocycles. The van der Waals surface area contributed by atoms with E-state index in [0.29, 0.717) is 0 Å². The Morgan fingerprint density at radius 2 is 1.93 bits per heavy atom. The average Bonchev–Trinajstić information content (AvgIpc) is 2.16. The normalized spacial score (nSPS) is 11.9. The molecule has 0 aliphatic carbocycles. The van der Waals surface area contributed by atoms with Gasteiger partial charge in [0.15, 0.2) is 0 Å². The lowest BCUT2D eigenvalue weighted by Crippen LogP contribution is -2.37. The molecule has 2 aromatic rings. The molecule has 0 aliphatic rings. The van der Waals surface area contributed by atoms with Crippen molar-refractivity contribution in [2.75, 3.05) is 0 Å². The summed E-state index contributed by atoms with van der Waals surface area (Å²) in [6.45, 7) is 7.03. The number of fused-ring (bicyclic) bond motifs is 1. The Hall–Kier alpha value is -1.22. The fourth-order valence-electron chi connectivity index (χ4n) is 1.44. The summed E-state index contributed by atoms with van der Waals surface area (Å²) in [5.41, 5.74) is 1.06. The van der Waals surface area contributed by atoms with Crippen molar-refractivity contribution in [3.05, 3.63) is 30.7 Å². The second-order valence-corrected chi connectivity index (χ2v) is 9.62. The molecule has 2 rings (SSSR count). The van der Waals surface area contributed by atoms with Crippen LogP contribution in [0.2, 0.25) is 19.6 Å². The van der Waals surface area contributed by atoms with E-state index in [1.807, 2.05) is 6.20 Å². The molecule has 0 saturated carbocycles. The fourth-order valence-corrected chi connectivity index (χ4v) is 2.59. The lowest BCUT2D eigenvalue weighted by molar-refractivity contribution is 1.22. The van der Waals surface area contributed by atoms with Crippen molar-refractivity contribution in [2.24, 2.45) is 0 Å². The monoisotopic (exact) mass is 202 g/mol. The minimum atomic E-state index is -1.21. The van der Waals surface area contributed by atoms with Gasteiger partial charge in [-0.15, -0.1) is 0 Å². The van der Waals surface area contributed by atoms with Crippen LogP contribution >= 0.6 is 0 Å². The first-order chi connectivity index (χ1) is 6.57. The molecule has 0 atom stereocenters. The maximum absolute atomic E-state index is 4.27. The number of aromatic nitrogens is 2. The molecule has 1 aromatic carbocycles. The van der Waals surface area contributed by atoms with Gasteiger partial charge in [-0.1, -0.05) is 37.0 Å². The minimum absolute atomic E-state index is 1.06. The van der Waals surface area contributed by atoms with E-state index in [-0.39, 0.29) is 0 Å². The van der Waals surface area contributed by atoms with Gasteiger partial charge in [0.05, 0.1) is 13.6 Å². The van der Waals surface area contributed by atoms with E-state index >= 15 is 0 Å². The standard InChI is InChI=1S/C11H14N2Si/c1-14(2,3)10-5-4-9-7-12-8-13-11(9)6-10/h4-8H,1-3H3. The zero-order valence-corrected chi connectivity index (χ0v) is 9.78. The predicted octanol–water partition coefficient (Wildman–Crippen LogP) is 2.17. The van der Waals surface area contributed by atoms with Gasteiger partial charge in [0.2, 0.25) is 0 Å². The maximum atomic E-state index is 4.27. The van der Waals surface area contributed by atoms with Crippen LogP contribution < -0.4 is 5.19 Å². The molecule has 0 amide bonds. The molecule has 1 aromatic heterocycles. The van der Waals surface area contributed by atoms with E-state index in [0.717, 1.165) is 10.9 Å². The summed E-state index contributed by atoms with van der Waals surface area (Å²) in [5, 5.41) is 2.57. The fraction of sp³-hybridized carbons (Fsp3) is 0.273. The van der Waals surface area contributed by atoms with Crippen molar-refractivity contribution in [3.8, 4) is 0 Å². The smallest absolute Gasteiger partial charge is 0.116 e. The third kappa shape index (κ3) is 1.68. The van der Waals surface area contributed by atoms with Gasteiger partial charge in [-0.2, -0.15) is 0 Å². The Balaban J connectivity index is 2.63. The summed E-state index contributed by atoms with van der Waals surface area (Å²) in [4.78, 5) is 8.27. The van der Waals surface area contributed by atoms with Crippen LogP contribution in [0.25, 0.3) is 10.9 Å². The van der Waals surface area contributed by atoms with Crippen LogP contribution in [0.5, 0.6) is 0 Å². The third-order valence-electron chi connectivity index (χ3n) is 2.37. The van der Waals surface area contributed by atoms with Crippen LogP contribution in [-0.4, -0.2) is 18.0 Å². The second kappa shape index (κ2) is 3.17. The molecular weight excluding hydrogens is 188 g/mol. The van der Waals surface area contributed by atoms with Crippen LogP contribution in [0.1, 0.15) is 0 Å². The van der Waals surface area contributed by atoms with Crippen LogP contribution in [-0.2, 0) is 0 Å². The van der Waals surface area contributed by atoms with Gasteiger partial charge in [0.1, 0.15) is 6.33 Å². The molecule has 0 aliphatic heterocycles. The summed E-state index contributed by atoms with van der Waals surface area (Å²) in [5.74, 6) is 0. The lowest BCUT2D eigenvalue weighted by Gasteiger charge is -2.16. The molecular formula is C11H14N2Si. The highest BCUT2D eigenvalue weighted by atomic mass is 28.3. The SMILES string of the molecule is C[Si](C)(C)c1ccc2cncnc2c1. The molecule has 0 N–H and O–H groups in total. The first-order valence-corrected chi connectivity index (χ1v) is 8.27. The van der Waals surface area contributed by atoms with Gasteiger partial charge >= 0.3 is 0 Å². The minimum Gasteiger partial charge on any atom is -0.244 e. The van der Waals surface area contributed by atoms with E-state index in [1.54, 1.807) is 6.33 Å². The largest absolute Gasteiger partial charge is 0.244 e. The van der Waals surface area contributed by atoms with Gasteiger partial charge in [-0.3, -0.25) is 0 Å². The average molecular weight is 202 g/mol. The molecule has 72 valence electrons. The van der Waals surface area contributed by atoms with E-state index in [1.165, 1.54) is 5.19 Å². The Bertz CT molecular complexity index is 460. The Labute approximate surface area is 85.0 Å². The number of rotatable bonds is 1. The second-order valence-electron chi connectivity index (χ2n) is 4.55. The van der Waals surface area contributed by atoms with Crippen molar-refractivity contribution in [3.63, 3.8) is 0 Å². The molecule has 0 fully saturated rings. The summed E-state index contributed by atoms with van der Waals surface area (Å²) in [6.07, 6.45) is 3.46. The van der Waals surface area contributed by atoms with Crippen LogP contribution in [0.3, 0.4) is 0 Å². The van der Waals surface area contributed by atoms with Crippen LogP contribution in [0.4, 0.5) is 0 Å². The maximum Gasteiger partial charge on any atom is 0.116 e. The first-order valence-electron chi connectivity index (χ1n) is 4.77. The highest BCUT2D eigenvalue weighted by Gasteiger charge is 2.16. The van der Waals surface area contributed by atoms with Gasteiger partial charge in [-0.25, -0.2) is 9.97 Å². The Morgan fingerprint density at radius 3 is 2.64 bits per heavy atom. The number of hydrogen-bond donors (Lipinski definition) is 0. The van der Waals surface area contributed by atoms with Crippen molar-refractivity contribution < 1.29 is 0 Å².